The van der Waals surface area contributed by atoms with Crippen molar-refractivity contribution in [2.24, 2.45) is 0 Å². The van der Waals surface area contributed by atoms with Crippen LogP contribution in [0.25, 0.3) is 21.5 Å². The van der Waals surface area contributed by atoms with Gasteiger partial charge in [0.25, 0.3) is 0 Å². The lowest BCUT2D eigenvalue weighted by Gasteiger charge is -2.34. The zero-order chi connectivity index (χ0) is 24.4. The first-order valence-electron chi connectivity index (χ1n) is 11.5. The summed E-state index contributed by atoms with van der Waals surface area (Å²) in [6, 6.07) is 11.0. The summed E-state index contributed by atoms with van der Waals surface area (Å²) in [6.07, 6.45) is 0.594. The van der Waals surface area contributed by atoms with Crippen LogP contribution in [0.5, 0.6) is 34.5 Å². The third kappa shape index (κ3) is 3.01. The van der Waals surface area contributed by atoms with Crippen molar-refractivity contribution >= 4 is 21.5 Å². The van der Waals surface area contributed by atoms with E-state index in [9.17, 15) is 15.3 Å². The molecule has 7 heteroatoms. The van der Waals surface area contributed by atoms with Gasteiger partial charge in [0.2, 0.25) is 5.75 Å². The minimum atomic E-state index is -0.840. The minimum Gasteiger partial charge on any atom is -0.507 e. The topological polar surface area (TPSA) is 97.6 Å². The molecule has 7 nitrogen and oxygen atoms in total. The molecular weight excluding hydrogens is 448 g/mol. The molecule has 6 rings (SSSR count). The van der Waals surface area contributed by atoms with Gasteiger partial charge in [-0.25, -0.2) is 0 Å². The molecule has 1 aliphatic carbocycles. The molecule has 0 aromatic heterocycles. The van der Waals surface area contributed by atoms with E-state index in [-0.39, 0.29) is 35.5 Å². The quantitative estimate of drug-likeness (QED) is 0.368. The Labute approximate surface area is 202 Å². The summed E-state index contributed by atoms with van der Waals surface area (Å²) in [7, 11) is 4.57. The van der Waals surface area contributed by atoms with Gasteiger partial charge in [0.15, 0.2) is 11.5 Å². The zero-order valence-corrected chi connectivity index (χ0v) is 19.7. The number of aromatic hydroxyl groups is 2. The van der Waals surface area contributed by atoms with Gasteiger partial charge in [0, 0.05) is 33.9 Å². The maximum Gasteiger partial charge on any atom is 0.200 e. The van der Waals surface area contributed by atoms with E-state index in [4.69, 9.17) is 18.9 Å². The Morgan fingerprint density at radius 3 is 2.20 bits per heavy atom. The SMILES string of the molecule is COc1cc([C@@H]2COc3cc4ccc5c(O)cc(OC)c6c5c4c(c3[C@H]2O)CC6)cc(OC)c1O. The predicted octanol–water partition coefficient (Wildman–Crippen LogP) is 4.74. The van der Waals surface area contributed by atoms with Crippen LogP contribution in [0.1, 0.15) is 34.3 Å². The Kier molecular flexibility index (Phi) is 4.86. The Balaban J connectivity index is 1.58. The van der Waals surface area contributed by atoms with Crippen LogP contribution in [0.3, 0.4) is 0 Å². The van der Waals surface area contributed by atoms with Gasteiger partial charge in [0.1, 0.15) is 17.2 Å². The van der Waals surface area contributed by atoms with Crippen LogP contribution in [-0.4, -0.2) is 43.3 Å². The second kappa shape index (κ2) is 7.85. The fourth-order valence-electron chi connectivity index (χ4n) is 5.77. The summed E-state index contributed by atoms with van der Waals surface area (Å²) in [4.78, 5) is 0. The van der Waals surface area contributed by atoms with Gasteiger partial charge in [-0.1, -0.05) is 12.1 Å². The third-order valence-electron chi connectivity index (χ3n) is 7.43. The predicted molar refractivity (Wildman–Crippen MR) is 131 cm³/mol. The van der Waals surface area contributed by atoms with E-state index in [1.54, 1.807) is 25.3 Å². The largest absolute Gasteiger partial charge is 0.507 e. The first kappa shape index (κ1) is 21.7. The van der Waals surface area contributed by atoms with Crippen molar-refractivity contribution in [2.45, 2.75) is 24.9 Å². The van der Waals surface area contributed by atoms with Crippen molar-refractivity contribution in [1.82, 2.24) is 0 Å². The maximum atomic E-state index is 11.7. The average Bonchev–Trinajstić information content (AvgIpc) is 2.88. The van der Waals surface area contributed by atoms with E-state index in [0.717, 1.165) is 50.2 Å². The van der Waals surface area contributed by atoms with Gasteiger partial charge in [0.05, 0.1) is 34.0 Å². The molecule has 4 aromatic rings. The van der Waals surface area contributed by atoms with Gasteiger partial charge < -0.3 is 34.3 Å². The van der Waals surface area contributed by atoms with Crippen molar-refractivity contribution in [3.05, 3.63) is 58.7 Å². The van der Waals surface area contributed by atoms with Crippen molar-refractivity contribution in [3.63, 3.8) is 0 Å². The summed E-state index contributed by atoms with van der Waals surface area (Å²) in [5.74, 6) is 1.59. The Morgan fingerprint density at radius 2 is 1.51 bits per heavy atom. The molecule has 0 unspecified atom stereocenters. The number of hydrogen-bond acceptors (Lipinski definition) is 7. The molecule has 0 fully saturated rings. The van der Waals surface area contributed by atoms with Crippen LogP contribution in [-0.2, 0) is 12.8 Å². The number of rotatable bonds is 4. The molecule has 2 atom stereocenters. The zero-order valence-electron chi connectivity index (χ0n) is 19.7. The lowest BCUT2D eigenvalue weighted by atomic mass is 9.78. The number of phenolic OH excluding ortho intramolecular Hbond substituents is 2. The van der Waals surface area contributed by atoms with Gasteiger partial charge in [-0.3, -0.25) is 0 Å². The van der Waals surface area contributed by atoms with E-state index in [0.29, 0.717) is 17.9 Å². The fraction of sp³-hybridized carbons (Fsp3) is 0.286. The smallest absolute Gasteiger partial charge is 0.200 e. The van der Waals surface area contributed by atoms with Crippen LogP contribution < -0.4 is 18.9 Å². The maximum absolute atomic E-state index is 11.7. The van der Waals surface area contributed by atoms with Gasteiger partial charge >= 0.3 is 0 Å². The Hall–Kier alpha value is -3.84. The molecule has 0 radical (unpaired) electrons. The summed E-state index contributed by atoms with van der Waals surface area (Å²) < 4.78 is 22.5. The Bertz CT molecular complexity index is 1480. The monoisotopic (exact) mass is 474 g/mol. The molecule has 0 saturated carbocycles. The highest BCUT2D eigenvalue weighted by Gasteiger charge is 2.36. The second-order valence-corrected chi connectivity index (χ2v) is 9.07. The van der Waals surface area contributed by atoms with Gasteiger partial charge in [-0.05, 0) is 52.9 Å². The number of aliphatic hydroxyl groups excluding tert-OH is 1. The minimum absolute atomic E-state index is 0.0841. The molecule has 4 aromatic carbocycles. The molecule has 1 aliphatic heterocycles. The molecule has 35 heavy (non-hydrogen) atoms. The number of hydrogen-bond donors (Lipinski definition) is 3. The van der Waals surface area contributed by atoms with E-state index in [1.807, 2.05) is 18.2 Å². The molecule has 3 N–H and O–H groups in total. The number of fused-ring (bicyclic) bond motifs is 2. The standard InChI is InChI=1S/C28H26O7/c1-32-20-11-19(29)15-5-4-13-8-21-26(17-7-6-16(20)25(15)24(13)17)27(30)18(12-35-21)14-9-22(33-2)28(31)23(10-14)34-3/h4-5,8-11,18,27,29-31H,6-7,12H2,1-3H3/t18-,27-/m0/s1. The van der Waals surface area contributed by atoms with Crippen LogP contribution in [0.2, 0.25) is 0 Å². The molecule has 0 bridgehead atoms. The van der Waals surface area contributed by atoms with E-state index < -0.39 is 6.10 Å². The van der Waals surface area contributed by atoms with Crippen LogP contribution in [0, 0.1) is 0 Å². The molecule has 0 spiro atoms. The first-order chi connectivity index (χ1) is 17.0. The molecule has 180 valence electrons. The van der Waals surface area contributed by atoms with E-state index in [1.165, 1.54) is 14.2 Å². The normalized spacial score (nSPS) is 18.4. The summed E-state index contributed by atoms with van der Waals surface area (Å²) in [5, 5.41) is 36.5. The lowest BCUT2D eigenvalue weighted by Crippen LogP contribution is -2.26. The van der Waals surface area contributed by atoms with Crippen LogP contribution in [0.15, 0.2) is 36.4 Å². The van der Waals surface area contributed by atoms with E-state index >= 15 is 0 Å². The van der Waals surface area contributed by atoms with Gasteiger partial charge in [-0.15, -0.1) is 0 Å². The number of aliphatic hydroxyl groups is 1. The number of aryl methyl sites for hydroxylation is 2. The number of phenols is 2. The van der Waals surface area contributed by atoms with Crippen molar-refractivity contribution in [3.8, 4) is 34.5 Å². The molecule has 0 amide bonds. The highest BCUT2D eigenvalue weighted by Crippen LogP contribution is 2.51. The fourth-order valence-corrected chi connectivity index (χ4v) is 5.77. The first-order valence-corrected chi connectivity index (χ1v) is 11.5. The summed E-state index contributed by atoms with van der Waals surface area (Å²) >= 11 is 0. The van der Waals surface area contributed by atoms with Crippen molar-refractivity contribution in [1.29, 1.82) is 0 Å². The number of benzene rings is 4. The van der Waals surface area contributed by atoms with Gasteiger partial charge in [-0.2, -0.15) is 0 Å². The number of methoxy groups -OCH3 is 3. The highest BCUT2D eigenvalue weighted by molar-refractivity contribution is 6.15. The van der Waals surface area contributed by atoms with E-state index in [2.05, 4.69) is 0 Å². The highest BCUT2D eigenvalue weighted by atomic mass is 16.5. The van der Waals surface area contributed by atoms with Crippen LogP contribution >= 0.6 is 0 Å². The number of ether oxygens (including phenoxy) is 4. The molecule has 1 heterocycles. The average molecular weight is 475 g/mol. The molecular formula is C28H26O7. The molecule has 0 saturated heterocycles. The Morgan fingerprint density at radius 1 is 0.829 bits per heavy atom. The third-order valence-corrected chi connectivity index (χ3v) is 7.43. The lowest BCUT2D eigenvalue weighted by molar-refractivity contribution is 0.0880. The summed E-state index contributed by atoms with van der Waals surface area (Å²) in [5.41, 5.74) is 3.60. The van der Waals surface area contributed by atoms with Crippen LogP contribution in [0.4, 0.5) is 0 Å². The summed E-state index contributed by atoms with van der Waals surface area (Å²) in [6.45, 7) is 0.267. The second-order valence-electron chi connectivity index (χ2n) is 9.07. The molecule has 2 aliphatic rings. The van der Waals surface area contributed by atoms with Crippen molar-refractivity contribution < 1.29 is 34.3 Å². The van der Waals surface area contributed by atoms with Crippen molar-refractivity contribution in [2.75, 3.05) is 27.9 Å².